The number of carbonyl (C=O) groups excluding carboxylic acids is 1. The van der Waals surface area contributed by atoms with Gasteiger partial charge in [-0.15, -0.1) is 22.7 Å². The van der Waals surface area contributed by atoms with Gasteiger partial charge in [0.25, 0.3) is 0 Å². The van der Waals surface area contributed by atoms with Gasteiger partial charge in [-0.25, -0.2) is 4.79 Å². The Hall–Kier alpha value is -3.66. The van der Waals surface area contributed by atoms with Crippen LogP contribution in [0, 0.1) is 0 Å². The van der Waals surface area contributed by atoms with Crippen molar-refractivity contribution >= 4 is 61.6 Å². The lowest BCUT2D eigenvalue weighted by atomic mass is 9.95. The second-order valence-electron chi connectivity index (χ2n) is 9.65. The first kappa shape index (κ1) is 25.6. The number of fused-ring (bicyclic) bond motifs is 1. The van der Waals surface area contributed by atoms with Crippen molar-refractivity contribution in [2.24, 2.45) is 7.05 Å². The molecule has 6 rings (SSSR count). The summed E-state index contributed by atoms with van der Waals surface area (Å²) < 4.78 is 9.38. The van der Waals surface area contributed by atoms with Crippen LogP contribution >= 0.6 is 34.3 Å². The molecule has 10 heteroatoms. The summed E-state index contributed by atoms with van der Waals surface area (Å²) in [5, 5.41) is 17.4. The number of ether oxygens (including phenoxy) is 1. The normalized spacial score (nSPS) is 14.7. The smallest absolute Gasteiger partial charge is 0.413 e. The number of aryl methyl sites for hydroxylation is 1. The third-order valence-corrected chi connectivity index (χ3v) is 9.80. The number of carboxylic acids is 1. The summed E-state index contributed by atoms with van der Waals surface area (Å²) in [5.74, 6) is -0.237. The van der Waals surface area contributed by atoms with Crippen molar-refractivity contribution in [3.05, 3.63) is 83.0 Å². The Bertz CT molecular complexity index is 1690. The number of anilines is 1. The number of nitrogens with one attached hydrogen (secondary N) is 1. The fourth-order valence-electron chi connectivity index (χ4n) is 4.71. The van der Waals surface area contributed by atoms with Crippen molar-refractivity contribution in [1.29, 1.82) is 0 Å². The highest BCUT2D eigenvalue weighted by molar-refractivity contribution is 7.31. The molecule has 2 N–H and O–H groups in total. The number of thiophene rings is 2. The summed E-state index contributed by atoms with van der Waals surface area (Å²) in [6.07, 6.45) is 2.08. The maximum absolute atomic E-state index is 12.7. The highest BCUT2D eigenvalue weighted by Crippen LogP contribution is 2.50. The first-order valence-corrected chi connectivity index (χ1v) is 14.4. The number of nitrogens with zero attached hydrogens (tertiary/aromatic N) is 2. The standard InChI is InChI=1S/C29H24ClN3O4S2/c1-16(17-6-4-3-5-7-17)37-28(36)32-26-20(15-31-33(26)2)23-14-25-24(39-23)13-22(38-25)19-9-8-18(12-21(19)30)29(10-11-29)27(34)35/h3-9,12-16H,10-11H2,1-2H3,(H,32,36)(H,34,35)/t16-/m1/s1. The Balaban J connectivity index is 1.22. The lowest BCUT2D eigenvalue weighted by molar-refractivity contribution is -0.140. The number of aliphatic carboxylic acids is 1. The molecule has 0 saturated heterocycles. The number of hydrogen-bond acceptors (Lipinski definition) is 6. The predicted octanol–water partition coefficient (Wildman–Crippen LogP) is 8.11. The van der Waals surface area contributed by atoms with Crippen LogP contribution in [0.5, 0.6) is 0 Å². The minimum atomic E-state index is -0.793. The number of amides is 1. The van der Waals surface area contributed by atoms with E-state index in [0.717, 1.165) is 41.4 Å². The second kappa shape index (κ2) is 9.82. The Morgan fingerprint density at radius 1 is 1.05 bits per heavy atom. The summed E-state index contributed by atoms with van der Waals surface area (Å²) >= 11 is 9.85. The Labute approximate surface area is 237 Å². The Morgan fingerprint density at radius 2 is 1.72 bits per heavy atom. The van der Waals surface area contributed by atoms with Gasteiger partial charge >= 0.3 is 12.1 Å². The maximum atomic E-state index is 12.7. The minimum Gasteiger partial charge on any atom is -0.481 e. The van der Waals surface area contributed by atoms with E-state index in [1.54, 1.807) is 46.7 Å². The first-order chi connectivity index (χ1) is 18.7. The molecule has 0 unspecified atom stereocenters. The number of rotatable bonds is 7. The van der Waals surface area contributed by atoms with Crippen LogP contribution in [0.25, 0.3) is 30.3 Å². The predicted molar refractivity (Wildman–Crippen MR) is 156 cm³/mol. The van der Waals surface area contributed by atoms with Gasteiger partial charge in [0.1, 0.15) is 11.9 Å². The molecule has 1 saturated carbocycles. The Morgan fingerprint density at radius 3 is 2.33 bits per heavy atom. The molecule has 1 atom stereocenters. The van der Waals surface area contributed by atoms with Gasteiger partial charge < -0.3 is 9.84 Å². The van der Waals surface area contributed by atoms with Crippen molar-refractivity contribution in [2.75, 3.05) is 5.32 Å². The molecule has 3 aromatic heterocycles. The van der Waals surface area contributed by atoms with E-state index in [1.807, 2.05) is 49.4 Å². The van der Waals surface area contributed by atoms with Crippen LogP contribution in [-0.4, -0.2) is 26.9 Å². The van der Waals surface area contributed by atoms with Crippen LogP contribution in [0.3, 0.4) is 0 Å². The van der Waals surface area contributed by atoms with Gasteiger partial charge in [0.15, 0.2) is 0 Å². The third-order valence-electron chi connectivity index (χ3n) is 7.13. The molecule has 7 nitrogen and oxygen atoms in total. The quantitative estimate of drug-likeness (QED) is 0.204. The lowest BCUT2D eigenvalue weighted by Crippen LogP contribution is -2.19. The number of hydrogen-bond donors (Lipinski definition) is 2. The van der Waals surface area contributed by atoms with Crippen molar-refractivity contribution in [1.82, 2.24) is 9.78 Å². The molecule has 1 aliphatic rings. The fourth-order valence-corrected chi connectivity index (χ4v) is 7.49. The van der Waals surface area contributed by atoms with E-state index in [1.165, 1.54) is 0 Å². The fraction of sp³-hybridized carbons (Fsp3) is 0.207. The molecule has 1 amide bonds. The monoisotopic (exact) mass is 577 g/mol. The molecule has 5 aromatic rings. The van der Waals surface area contributed by atoms with E-state index in [-0.39, 0.29) is 0 Å². The lowest BCUT2D eigenvalue weighted by Gasteiger charge is -2.14. The second-order valence-corrected chi connectivity index (χ2v) is 12.2. The van der Waals surface area contributed by atoms with Crippen LogP contribution in [0.15, 0.2) is 66.9 Å². The largest absolute Gasteiger partial charge is 0.481 e. The van der Waals surface area contributed by atoms with E-state index in [2.05, 4.69) is 22.5 Å². The first-order valence-electron chi connectivity index (χ1n) is 12.4. The topological polar surface area (TPSA) is 93.4 Å². The number of carboxylic acid groups (broad SMARTS) is 1. The molecule has 0 aliphatic heterocycles. The van der Waals surface area contributed by atoms with Gasteiger partial charge in [-0.1, -0.05) is 54.1 Å². The zero-order valence-electron chi connectivity index (χ0n) is 21.1. The SMILES string of the molecule is C[C@@H](OC(=O)Nc1c(-c2cc3sc(-c4ccc(C5(C(=O)O)CC5)cc4Cl)cc3s2)cnn1C)c1ccccc1. The molecular weight excluding hydrogens is 554 g/mol. The van der Waals surface area contributed by atoms with Gasteiger partial charge in [-0.3, -0.25) is 14.8 Å². The molecule has 0 spiro atoms. The van der Waals surface area contributed by atoms with E-state index >= 15 is 0 Å². The maximum Gasteiger partial charge on any atom is 0.413 e. The molecule has 0 bridgehead atoms. The Kier molecular flexibility index (Phi) is 6.45. The van der Waals surface area contributed by atoms with Crippen molar-refractivity contribution < 1.29 is 19.4 Å². The average molecular weight is 578 g/mol. The van der Waals surface area contributed by atoms with Crippen LogP contribution in [0.1, 0.15) is 37.0 Å². The summed E-state index contributed by atoms with van der Waals surface area (Å²) in [6.45, 7) is 1.83. The van der Waals surface area contributed by atoms with E-state index in [4.69, 9.17) is 16.3 Å². The molecule has 2 aromatic carbocycles. The molecule has 1 fully saturated rings. The van der Waals surface area contributed by atoms with Crippen molar-refractivity contribution in [3.63, 3.8) is 0 Å². The van der Waals surface area contributed by atoms with Crippen molar-refractivity contribution in [3.8, 4) is 20.9 Å². The summed E-state index contributed by atoms with van der Waals surface area (Å²) in [6, 6.07) is 19.3. The summed E-state index contributed by atoms with van der Waals surface area (Å²) in [7, 11) is 1.77. The van der Waals surface area contributed by atoms with Crippen LogP contribution in [-0.2, 0) is 22.0 Å². The molecule has 0 radical (unpaired) electrons. The summed E-state index contributed by atoms with van der Waals surface area (Å²) in [4.78, 5) is 26.4. The van der Waals surface area contributed by atoms with Crippen LogP contribution in [0.4, 0.5) is 10.6 Å². The van der Waals surface area contributed by atoms with Gasteiger partial charge in [0, 0.05) is 36.8 Å². The number of carbonyl (C=O) groups is 2. The zero-order chi connectivity index (χ0) is 27.3. The molecule has 198 valence electrons. The number of halogens is 1. The van der Waals surface area contributed by atoms with Gasteiger partial charge in [-0.2, -0.15) is 5.10 Å². The molecular formula is C29H24ClN3O4S2. The van der Waals surface area contributed by atoms with Gasteiger partial charge in [-0.05, 0) is 49.1 Å². The minimum absolute atomic E-state index is 0.395. The highest BCUT2D eigenvalue weighted by Gasteiger charge is 2.51. The van der Waals surface area contributed by atoms with Crippen LogP contribution in [0.2, 0.25) is 5.02 Å². The van der Waals surface area contributed by atoms with E-state index in [9.17, 15) is 14.7 Å². The highest BCUT2D eigenvalue weighted by atomic mass is 35.5. The third kappa shape index (κ3) is 4.71. The number of aromatic nitrogens is 2. The van der Waals surface area contributed by atoms with E-state index in [0.29, 0.717) is 23.7 Å². The summed E-state index contributed by atoms with van der Waals surface area (Å²) in [5.41, 5.74) is 2.58. The van der Waals surface area contributed by atoms with E-state index < -0.39 is 23.6 Å². The van der Waals surface area contributed by atoms with Gasteiger partial charge in [0.2, 0.25) is 0 Å². The molecule has 39 heavy (non-hydrogen) atoms. The van der Waals surface area contributed by atoms with Gasteiger partial charge in [0.05, 0.1) is 17.2 Å². The molecule has 1 aliphatic carbocycles. The van der Waals surface area contributed by atoms with Crippen molar-refractivity contribution in [2.45, 2.75) is 31.3 Å². The van der Waals surface area contributed by atoms with Crippen LogP contribution < -0.4 is 5.32 Å². The molecule has 3 heterocycles. The zero-order valence-corrected chi connectivity index (χ0v) is 23.5. The average Bonchev–Trinajstić information content (AvgIpc) is 3.35. The number of benzene rings is 2.